The number of nitrogens with zero attached hydrogens (tertiary/aromatic N) is 1. The predicted molar refractivity (Wildman–Crippen MR) is 54.3 cm³/mol. The molecule has 0 saturated carbocycles. The van der Waals surface area contributed by atoms with Crippen LogP contribution in [-0.4, -0.2) is 24.7 Å². The van der Waals surface area contributed by atoms with E-state index in [0.717, 1.165) is 0 Å². The van der Waals surface area contributed by atoms with E-state index >= 15 is 0 Å². The zero-order valence-electron chi connectivity index (χ0n) is 8.61. The number of esters is 1. The number of aromatic nitrogens is 1. The van der Waals surface area contributed by atoms with E-state index in [9.17, 15) is 4.79 Å². The van der Waals surface area contributed by atoms with Crippen LogP contribution in [0.4, 0.5) is 0 Å². The molecule has 4 nitrogen and oxygen atoms in total. The fourth-order valence-corrected chi connectivity index (χ4v) is 0.907. The highest BCUT2D eigenvalue weighted by molar-refractivity contribution is 5.88. The van der Waals surface area contributed by atoms with E-state index in [1.807, 2.05) is 6.92 Å². The Morgan fingerprint density at radius 3 is 3.00 bits per heavy atom. The van der Waals surface area contributed by atoms with Crippen LogP contribution in [-0.2, 0) is 9.53 Å². The predicted octanol–water partition coefficient (Wildman–Crippen LogP) is 1.00. The van der Waals surface area contributed by atoms with E-state index in [2.05, 4.69) is 21.6 Å². The van der Waals surface area contributed by atoms with Gasteiger partial charge in [0.1, 0.15) is 5.75 Å². The van der Waals surface area contributed by atoms with Crippen LogP contribution in [0.1, 0.15) is 12.5 Å². The number of hydrogen-bond acceptors (Lipinski definition) is 4. The van der Waals surface area contributed by atoms with Gasteiger partial charge in [0, 0.05) is 17.7 Å². The van der Waals surface area contributed by atoms with Crippen LogP contribution in [0.2, 0.25) is 0 Å². The number of pyridine rings is 1. The Hall–Kier alpha value is -2.02. The molecule has 1 aromatic rings. The number of carbonyl (C=O) groups is 1. The molecule has 15 heavy (non-hydrogen) atoms. The molecule has 0 unspecified atom stereocenters. The average molecular weight is 205 g/mol. The van der Waals surface area contributed by atoms with Crippen molar-refractivity contribution < 1.29 is 14.3 Å². The van der Waals surface area contributed by atoms with Gasteiger partial charge in [-0.1, -0.05) is 5.92 Å². The van der Waals surface area contributed by atoms with Crippen molar-refractivity contribution in [3.05, 3.63) is 24.0 Å². The number of rotatable bonds is 2. The lowest BCUT2D eigenvalue weighted by Crippen LogP contribution is -1.95. The molecule has 0 atom stereocenters. The summed E-state index contributed by atoms with van der Waals surface area (Å²) in [5.41, 5.74) is 0.617. The van der Waals surface area contributed by atoms with Crippen molar-refractivity contribution in [1.29, 1.82) is 0 Å². The molecule has 0 radical (unpaired) electrons. The number of hydrogen-bond donors (Lipinski definition) is 0. The van der Waals surface area contributed by atoms with Gasteiger partial charge in [0.2, 0.25) is 0 Å². The fraction of sp³-hybridized carbons (Fsp3) is 0.273. The zero-order chi connectivity index (χ0) is 11.1. The van der Waals surface area contributed by atoms with Gasteiger partial charge in [-0.3, -0.25) is 4.98 Å². The molecule has 1 rings (SSSR count). The van der Waals surface area contributed by atoms with Gasteiger partial charge < -0.3 is 9.47 Å². The minimum absolute atomic E-state index is 0.565. The Labute approximate surface area is 88.2 Å². The Kier molecular flexibility index (Phi) is 4.17. The van der Waals surface area contributed by atoms with Crippen molar-refractivity contribution in [1.82, 2.24) is 4.98 Å². The van der Waals surface area contributed by atoms with Gasteiger partial charge in [0.25, 0.3) is 0 Å². The lowest BCUT2D eigenvalue weighted by atomic mass is 10.3. The molecule has 4 heteroatoms. The van der Waals surface area contributed by atoms with Crippen LogP contribution < -0.4 is 4.74 Å². The molecule has 0 saturated heterocycles. The minimum atomic E-state index is -0.572. The maximum absolute atomic E-state index is 10.7. The topological polar surface area (TPSA) is 48.4 Å². The van der Waals surface area contributed by atoms with Crippen molar-refractivity contribution >= 4 is 5.97 Å². The van der Waals surface area contributed by atoms with E-state index in [-0.39, 0.29) is 0 Å². The Balaban J connectivity index is 2.80. The van der Waals surface area contributed by atoms with Crippen LogP contribution >= 0.6 is 0 Å². The van der Waals surface area contributed by atoms with Gasteiger partial charge in [-0.25, -0.2) is 4.79 Å². The van der Waals surface area contributed by atoms with Crippen LogP contribution in [0, 0.1) is 11.8 Å². The van der Waals surface area contributed by atoms with Crippen molar-refractivity contribution in [3.63, 3.8) is 0 Å². The van der Waals surface area contributed by atoms with E-state index < -0.39 is 5.97 Å². The van der Waals surface area contributed by atoms with Crippen molar-refractivity contribution in [2.45, 2.75) is 6.92 Å². The van der Waals surface area contributed by atoms with Gasteiger partial charge >= 0.3 is 5.97 Å². The molecule has 0 bridgehead atoms. The second-order valence-corrected chi connectivity index (χ2v) is 2.58. The summed E-state index contributed by atoms with van der Waals surface area (Å²) in [6.45, 7) is 2.45. The smallest absolute Gasteiger partial charge is 0.384 e. The maximum Gasteiger partial charge on any atom is 0.384 e. The summed E-state index contributed by atoms with van der Waals surface area (Å²) in [7, 11) is 1.28. The third kappa shape index (κ3) is 3.69. The molecule has 0 aliphatic carbocycles. The summed E-state index contributed by atoms with van der Waals surface area (Å²) in [4.78, 5) is 14.7. The molecule has 78 valence electrons. The third-order valence-corrected chi connectivity index (χ3v) is 1.52. The Morgan fingerprint density at radius 2 is 2.33 bits per heavy atom. The maximum atomic E-state index is 10.7. The normalized spacial score (nSPS) is 8.67. The van der Waals surface area contributed by atoms with Crippen LogP contribution in [0.15, 0.2) is 18.5 Å². The molecule has 0 aromatic carbocycles. The van der Waals surface area contributed by atoms with Gasteiger partial charge in [0.05, 0.1) is 19.9 Å². The number of ether oxygens (including phenoxy) is 2. The van der Waals surface area contributed by atoms with Crippen LogP contribution in [0.25, 0.3) is 0 Å². The van der Waals surface area contributed by atoms with E-state index in [4.69, 9.17) is 4.74 Å². The third-order valence-electron chi connectivity index (χ3n) is 1.52. The van der Waals surface area contributed by atoms with Crippen molar-refractivity contribution in [2.24, 2.45) is 0 Å². The van der Waals surface area contributed by atoms with E-state index in [0.29, 0.717) is 17.9 Å². The zero-order valence-corrected chi connectivity index (χ0v) is 8.61. The SMILES string of the molecule is CCOc1cncc(C#CC(=O)OC)c1. The highest BCUT2D eigenvalue weighted by Crippen LogP contribution is 2.09. The van der Waals surface area contributed by atoms with Gasteiger partial charge in [-0.2, -0.15) is 0 Å². The van der Waals surface area contributed by atoms with Gasteiger partial charge in [-0.05, 0) is 13.0 Å². The standard InChI is InChI=1S/C11H11NO3/c1-3-15-10-6-9(7-12-8-10)4-5-11(13)14-2/h6-8H,3H2,1-2H3. The molecule has 1 aromatic heterocycles. The average Bonchev–Trinajstić information content (AvgIpc) is 2.27. The van der Waals surface area contributed by atoms with Gasteiger partial charge in [0.15, 0.2) is 0 Å². The number of methoxy groups -OCH3 is 1. The molecule has 0 aliphatic heterocycles. The highest BCUT2D eigenvalue weighted by atomic mass is 16.5. The van der Waals surface area contributed by atoms with Crippen molar-refractivity contribution in [3.8, 4) is 17.6 Å². The first-order chi connectivity index (χ1) is 7.26. The summed E-state index contributed by atoms with van der Waals surface area (Å²) < 4.78 is 9.62. The van der Waals surface area contributed by atoms with Crippen molar-refractivity contribution in [2.75, 3.05) is 13.7 Å². The van der Waals surface area contributed by atoms with Gasteiger partial charge in [-0.15, -0.1) is 0 Å². The first-order valence-electron chi connectivity index (χ1n) is 4.44. The lowest BCUT2D eigenvalue weighted by Gasteiger charge is -2.00. The molecule has 0 N–H and O–H groups in total. The Bertz CT molecular complexity index is 404. The van der Waals surface area contributed by atoms with Crippen LogP contribution in [0.5, 0.6) is 5.75 Å². The molecule has 0 spiro atoms. The van der Waals surface area contributed by atoms with E-state index in [1.54, 1.807) is 18.5 Å². The molecule has 0 aliphatic rings. The second-order valence-electron chi connectivity index (χ2n) is 2.58. The first kappa shape index (κ1) is 11.1. The summed E-state index contributed by atoms with van der Waals surface area (Å²) in [5, 5.41) is 0. The highest BCUT2D eigenvalue weighted by Gasteiger charge is 1.95. The monoisotopic (exact) mass is 205 g/mol. The molecular formula is C11H11NO3. The largest absolute Gasteiger partial charge is 0.492 e. The minimum Gasteiger partial charge on any atom is -0.492 e. The molecule has 0 amide bonds. The molecule has 0 fully saturated rings. The van der Waals surface area contributed by atoms with Crippen LogP contribution in [0.3, 0.4) is 0 Å². The summed E-state index contributed by atoms with van der Waals surface area (Å²) in [5.74, 6) is 5.00. The lowest BCUT2D eigenvalue weighted by molar-refractivity contribution is -0.133. The second kappa shape index (κ2) is 5.66. The number of carbonyl (C=O) groups excluding carboxylic acids is 1. The quantitative estimate of drug-likeness (QED) is 0.534. The summed E-state index contributed by atoms with van der Waals surface area (Å²) in [6, 6.07) is 1.71. The molecule has 1 heterocycles. The Morgan fingerprint density at radius 1 is 1.53 bits per heavy atom. The summed E-state index contributed by atoms with van der Waals surface area (Å²) in [6.07, 6.45) is 3.14. The first-order valence-corrected chi connectivity index (χ1v) is 4.44. The van der Waals surface area contributed by atoms with E-state index in [1.165, 1.54) is 7.11 Å². The fourth-order valence-electron chi connectivity index (χ4n) is 0.907. The molecular weight excluding hydrogens is 194 g/mol. The summed E-state index contributed by atoms with van der Waals surface area (Å²) >= 11 is 0.